The van der Waals surface area contributed by atoms with Crippen molar-refractivity contribution in [1.29, 1.82) is 0 Å². The topological polar surface area (TPSA) is 58.9 Å². The van der Waals surface area contributed by atoms with E-state index >= 15 is 0 Å². The number of morpholine rings is 1. The lowest BCUT2D eigenvalue weighted by Crippen LogP contribution is -2.36. The van der Waals surface area contributed by atoms with Crippen LogP contribution in [-0.2, 0) is 4.74 Å². The van der Waals surface area contributed by atoms with E-state index in [0.717, 1.165) is 11.2 Å². The Morgan fingerprint density at radius 3 is 2.85 bits per heavy atom. The summed E-state index contributed by atoms with van der Waals surface area (Å²) in [4.78, 5) is 18.9. The Morgan fingerprint density at radius 2 is 2.04 bits per heavy atom. The number of carbonyl (C=O) groups is 1. The van der Waals surface area contributed by atoms with Crippen LogP contribution in [0.5, 0.6) is 0 Å². The molecule has 3 aromatic rings. The first-order valence-corrected chi connectivity index (χ1v) is 8.48. The summed E-state index contributed by atoms with van der Waals surface area (Å²) in [5, 5.41) is 2.84. The molecule has 0 bridgehead atoms. The Hall–Kier alpha value is -2.93. The van der Waals surface area contributed by atoms with E-state index in [1.807, 2.05) is 28.5 Å². The number of aromatic nitrogens is 2. The summed E-state index contributed by atoms with van der Waals surface area (Å²) in [6, 6.07) is 6.26. The fourth-order valence-corrected chi connectivity index (χ4v) is 3.19. The summed E-state index contributed by atoms with van der Waals surface area (Å²) in [7, 11) is 0. The fourth-order valence-electron chi connectivity index (χ4n) is 3.19. The van der Waals surface area contributed by atoms with E-state index < -0.39 is 5.82 Å². The summed E-state index contributed by atoms with van der Waals surface area (Å²) in [5.74, 6) is -0.779. The van der Waals surface area contributed by atoms with E-state index in [4.69, 9.17) is 4.74 Å². The monoisotopic (exact) mass is 354 g/mol. The highest BCUT2D eigenvalue weighted by atomic mass is 19.1. The number of nitrogens with zero attached hydrogens (tertiary/aromatic N) is 3. The number of benzene rings is 1. The molecule has 6 nitrogen and oxygen atoms in total. The van der Waals surface area contributed by atoms with Crippen LogP contribution >= 0.6 is 0 Å². The predicted molar refractivity (Wildman–Crippen MR) is 97.3 cm³/mol. The Morgan fingerprint density at radius 1 is 1.23 bits per heavy atom. The molecule has 26 heavy (non-hydrogen) atoms. The smallest absolute Gasteiger partial charge is 0.255 e. The van der Waals surface area contributed by atoms with E-state index in [2.05, 4.69) is 10.3 Å². The third-order valence-corrected chi connectivity index (χ3v) is 4.45. The van der Waals surface area contributed by atoms with Gasteiger partial charge < -0.3 is 19.4 Å². The number of rotatable bonds is 3. The molecule has 1 aromatic carbocycles. The summed E-state index contributed by atoms with van der Waals surface area (Å²) in [6.07, 6.45) is 5.31. The molecule has 0 aliphatic carbocycles. The lowest BCUT2D eigenvalue weighted by molar-refractivity contribution is 0.102. The normalized spacial score (nSPS) is 14.6. The summed E-state index contributed by atoms with van der Waals surface area (Å²) >= 11 is 0. The zero-order valence-electron chi connectivity index (χ0n) is 14.4. The molecule has 0 spiro atoms. The number of aryl methyl sites for hydroxylation is 1. The second-order valence-corrected chi connectivity index (χ2v) is 6.32. The molecule has 134 valence electrons. The first kappa shape index (κ1) is 16.5. The third-order valence-electron chi connectivity index (χ3n) is 4.45. The van der Waals surface area contributed by atoms with Crippen LogP contribution in [0.3, 0.4) is 0 Å². The van der Waals surface area contributed by atoms with Crippen molar-refractivity contribution in [2.24, 2.45) is 0 Å². The lowest BCUT2D eigenvalue weighted by Gasteiger charge is -2.29. The average Bonchev–Trinajstić information content (AvgIpc) is 3.11. The van der Waals surface area contributed by atoms with Gasteiger partial charge in [0.25, 0.3) is 5.91 Å². The van der Waals surface area contributed by atoms with Gasteiger partial charge in [0.15, 0.2) is 0 Å². The van der Waals surface area contributed by atoms with Crippen molar-refractivity contribution < 1.29 is 13.9 Å². The van der Waals surface area contributed by atoms with Crippen LogP contribution in [0.15, 0.2) is 42.9 Å². The maximum Gasteiger partial charge on any atom is 0.255 e. The molecule has 0 atom stereocenters. The van der Waals surface area contributed by atoms with Gasteiger partial charge in [0.2, 0.25) is 0 Å². The number of carbonyl (C=O) groups excluding carboxylic acids is 1. The number of imidazole rings is 1. The number of anilines is 2. The van der Waals surface area contributed by atoms with E-state index in [0.29, 0.717) is 37.7 Å². The Labute approximate surface area is 150 Å². The molecule has 1 N–H and O–H groups in total. The molecule has 1 aliphatic heterocycles. The van der Waals surface area contributed by atoms with Crippen LogP contribution in [0.4, 0.5) is 15.8 Å². The SMILES string of the molecule is Cc1cc(NC(=O)c2cc(F)cc(N3CCOCC3)c2)cn2ccnc12. The Balaban J connectivity index is 1.59. The highest BCUT2D eigenvalue weighted by Gasteiger charge is 2.16. The molecule has 1 fully saturated rings. The van der Waals surface area contributed by atoms with Crippen LogP contribution < -0.4 is 10.2 Å². The zero-order chi connectivity index (χ0) is 18.1. The quantitative estimate of drug-likeness (QED) is 0.786. The largest absolute Gasteiger partial charge is 0.378 e. The number of hydrogen-bond acceptors (Lipinski definition) is 4. The molecule has 0 saturated carbocycles. The van der Waals surface area contributed by atoms with Crippen LogP contribution in [0.1, 0.15) is 15.9 Å². The van der Waals surface area contributed by atoms with Crippen LogP contribution in [0, 0.1) is 12.7 Å². The first-order valence-electron chi connectivity index (χ1n) is 8.48. The van der Waals surface area contributed by atoms with E-state index in [9.17, 15) is 9.18 Å². The van der Waals surface area contributed by atoms with Crippen molar-refractivity contribution in [2.75, 3.05) is 36.5 Å². The van der Waals surface area contributed by atoms with E-state index in [-0.39, 0.29) is 11.5 Å². The van der Waals surface area contributed by atoms with Gasteiger partial charge in [0.05, 0.1) is 18.9 Å². The van der Waals surface area contributed by atoms with Gasteiger partial charge in [0, 0.05) is 42.9 Å². The van der Waals surface area contributed by atoms with Gasteiger partial charge in [-0.05, 0) is 36.8 Å². The maximum absolute atomic E-state index is 14.1. The van der Waals surface area contributed by atoms with Crippen LogP contribution in [0.25, 0.3) is 5.65 Å². The van der Waals surface area contributed by atoms with Crippen molar-refractivity contribution in [1.82, 2.24) is 9.38 Å². The maximum atomic E-state index is 14.1. The van der Waals surface area contributed by atoms with E-state index in [1.165, 1.54) is 12.1 Å². The Kier molecular flexibility index (Phi) is 4.30. The second-order valence-electron chi connectivity index (χ2n) is 6.32. The average molecular weight is 354 g/mol. The summed E-state index contributed by atoms with van der Waals surface area (Å²) < 4.78 is 21.2. The highest BCUT2D eigenvalue weighted by Crippen LogP contribution is 2.21. The molecule has 7 heteroatoms. The highest BCUT2D eigenvalue weighted by molar-refractivity contribution is 6.04. The number of nitrogens with one attached hydrogen (secondary N) is 1. The third kappa shape index (κ3) is 3.25. The molecular weight excluding hydrogens is 335 g/mol. The van der Waals surface area contributed by atoms with Gasteiger partial charge in [0.1, 0.15) is 11.5 Å². The van der Waals surface area contributed by atoms with Gasteiger partial charge in [-0.2, -0.15) is 0 Å². The van der Waals surface area contributed by atoms with E-state index in [1.54, 1.807) is 18.5 Å². The molecule has 1 aliphatic rings. The molecule has 4 rings (SSSR count). The van der Waals surface area contributed by atoms with Crippen molar-refractivity contribution in [3.05, 3.63) is 59.8 Å². The lowest BCUT2D eigenvalue weighted by atomic mass is 10.1. The van der Waals surface area contributed by atoms with Crippen molar-refractivity contribution >= 4 is 22.9 Å². The number of hydrogen-bond donors (Lipinski definition) is 1. The summed E-state index contributed by atoms with van der Waals surface area (Å²) in [5.41, 5.74) is 3.40. The summed E-state index contributed by atoms with van der Waals surface area (Å²) in [6.45, 7) is 4.49. The molecule has 3 heterocycles. The molecule has 1 saturated heterocycles. The fraction of sp³-hybridized carbons (Fsp3) is 0.263. The minimum atomic E-state index is -0.430. The van der Waals surface area contributed by atoms with Gasteiger partial charge in [-0.3, -0.25) is 4.79 Å². The van der Waals surface area contributed by atoms with Crippen molar-refractivity contribution in [3.8, 4) is 0 Å². The van der Waals surface area contributed by atoms with Gasteiger partial charge in [-0.1, -0.05) is 0 Å². The second kappa shape index (κ2) is 6.76. The van der Waals surface area contributed by atoms with Gasteiger partial charge in [-0.15, -0.1) is 0 Å². The minimum Gasteiger partial charge on any atom is -0.378 e. The number of fused-ring (bicyclic) bond motifs is 1. The van der Waals surface area contributed by atoms with Crippen LogP contribution in [0.2, 0.25) is 0 Å². The van der Waals surface area contributed by atoms with Crippen LogP contribution in [-0.4, -0.2) is 41.6 Å². The van der Waals surface area contributed by atoms with Gasteiger partial charge in [-0.25, -0.2) is 9.37 Å². The molecular formula is C19H19FN4O2. The number of ether oxygens (including phenoxy) is 1. The van der Waals surface area contributed by atoms with Gasteiger partial charge >= 0.3 is 0 Å². The number of halogens is 1. The zero-order valence-corrected chi connectivity index (χ0v) is 14.4. The minimum absolute atomic E-state index is 0.287. The molecule has 1 amide bonds. The number of pyridine rings is 1. The number of amides is 1. The molecule has 2 aromatic heterocycles. The molecule has 0 radical (unpaired) electrons. The predicted octanol–water partition coefficient (Wildman–Crippen LogP) is 2.87. The Bertz CT molecular complexity index is 963. The van der Waals surface area contributed by atoms with Crippen molar-refractivity contribution in [3.63, 3.8) is 0 Å². The van der Waals surface area contributed by atoms with Crippen molar-refractivity contribution in [2.45, 2.75) is 6.92 Å². The molecule has 0 unspecified atom stereocenters. The first-order chi connectivity index (χ1) is 12.6. The standard InChI is InChI=1S/C19H19FN4O2/c1-13-8-16(12-24-3-2-21-18(13)24)22-19(25)14-9-15(20)11-17(10-14)23-4-6-26-7-5-23/h2-3,8-12H,4-7H2,1H3,(H,22,25).